The molecule has 0 aliphatic carbocycles. The van der Waals surface area contributed by atoms with Gasteiger partial charge in [-0.2, -0.15) is 13.2 Å². The van der Waals surface area contributed by atoms with Gasteiger partial charge in [0.05, 0.1) is 12.1 Å². The highest BCUT2D eigenvalue weighted by Crippen LogP contribution is 2.40. The molecule has 2 heterocycles. The molecule has 3 rings (SSSR count). The number of hydrogen-bond acceptors (Lipinski definition) is 6. The van der Waals surface area contributed by atoms with E-state index in [1.54, 1.807) is 0 Å². The molecule has 10 nitrogen and oxygen atoms in total. The van der Waals surface area contributed by atoms with Crippen LogP contribution in [-0.2, 0) is 19.2 Å². The number of halogens is 4. The van der Waals surface area contributed by atoms with Gasteiger partial charge in [0.1, 0.15) is 5.75 Å². The van der Waals surface area contributed by atoms with E-state index in [1.165, 1.54) is 19.1 Å². The second-order valence-corrected chi connectivity index (χ2v) is 7.80. The molecule has 1 aromatic carbocycles. The first-order chi connectivity index (χ1) is 15.4. The van der Waals surface area contributed by atoms with Gasteiger partial charge in [0, 0.05) is 17.5 Å². The number of aryl methyl sites for hydroxylation is 1. The molecule has 3 atom stereocenters. The molecular formula is C19H20ClF3N3O7+. The first kappa shape index (κ1) is 24.4. The highest BCUT2D eigenvalue weighted by molar-refractivity contribution is 6.30. The maximum atomic E-state index is 13.6. The zero-order chi connectivity index (χ0) is 24.5. The number of rotatable bonds is 6. The number of fused-ring (bicyclic) bond motifs is 1. The minimum absolute atomic E-state index is 0.0629. The Morgan fingerprint density at radius 3 is 2.73 bits per heavy atom. The lowest BCUT2D eigenvalue weighted by Crippen LogP contribution is -2.42. The number of carbonyl (C=O) groups excluding carboxylic acids is 1. The molecule has 0 radical (unpaired) electrons. The third-order valence-electron chi connectivity index (χ3n) is 4.91. The van der Waals surface area contributed by atoms with E-state index in [4.69, 9.17) is 31.0 Å². The number of hydrazine groups is 1. The molecular weight excluding hydrogens is 475 g/mol. The minimum atomic E-state index is -4.92. The van der Waals surface area contributed by atoms with Gasteiger partial charge >= 0.3 is 18.1 Å². The van der Waals surface area contributed by atoms with Crippen LogP contribution in [0.5, 0.6) is 5.75 Å². The highest BCUT2D eigenvalue weighted by Gasteiger charge is 2.49. The molecule has 1 aromatic rings. The molecule has 1 saturated heterocycles. The Morgan fingerprint density at radius 2 is 2.09 bits per heavy atom. The maximum Gasteiger partial charge on any atom is 0.430 e. The molecule has 0 amide bonds. The SMILES string of the molecule is Cc1cc(Cl)cc2c1O[C@H](C(F)(F)F)C(C(=O)OC(C)O/N=[N+](\O)N1CCC[C@H]1C(=O)O)=C2. The fraction of sp³-hybridized carbons (Fsp3) is 0.474. The minimum Gasteiger partial charge on any atom is -0.480 e. The Labute approximate surface area is 190 Å². The van der Waals surface area contributed by atoms with Crippen molar-refractivity contribution in [3.8, 4) is 5.75 Å². The van der Waals surface area contributed by atoms with Crippen molar-refractivity contribution in [3.63, 3.8) is 0 Å². The number of nitrogens with zero attached hydrogens (tertiary/aromatic N) is 3. The first-order valence-corrected chi connectivity index (χ1v) is 10.1. The topological polar surface area (TPSA) is 121 Å². The van der Waals surface area contributed by atoms with E-state index in [9.17, 15) is 28.0 Å². The summed E-state index contributed by atoms with van der Waals surface area (Å²) in [7, 11) is 0. The summed E-state index contributed by atoms with van der Waals surface area (Å²) in [5.41, 5.74) is -0.310. The average molecular weight is 495 g/mol. The van der Waals surface area contributed by atoms with Crippen LogP contribution < -0.4 is 4.74 Å². The fourth-order valence-corrected chi connectivity index (χ4v) is 3.75. The largest absolute Gasteiger partial charge is 0.480 e. The van der Waals surface area contributed by atoms with Gasteiger partial charge in [0.2, 0.25) is 6.10 Å². The molecule has 2 aliphatic heterocycles. The number of hydrogen-bond donors (Lipinski definition) is 2. The zero-order valence-corrected chi connectivity index (χ0v) is 18.1. The van der Waals surface area contributed by atoms with Crippen molar-refractivity contribution in [2.24, 2.45) is 5.28 Å². The van der Waals surface area contributed by atoms with E-state index in [-0.39, 0.29) is 34.3 Å². The van der Waals surface area contributed by atoms with Gasteiger partial charge in [-0.05, 0) is 43.5 Å². The Kier molecular flexibility index (Phi) is 6.91. The molecule has 0 aromatic heterocycles. The smallest absolute Gasteiger partial charge is 0.430 e. The molecule has 33 heavy (non-hydrogen) atoms. The molecule has 0 spiro atoms. The van der Waals surface area contributed by atoms with E-state index in [0.717, 1.165) is 18.0 Å². The molecule has 1 unspecified atom stereocenters. The molecule has 0 saturated carbocycles. The third kappa shape index (κ3) is 5.41. The second-order valence-electron chi connectivity index (χ2n) is 7.37. The van der Waals surface area contributed by atoms with Crippen molar-refractivity contribution in [1.29, 1.82) is 0 Å². The number of ether oxygens (including phenoxy) is 2. The van der Waals surface area contributed by atoms with Crippen molar-refractivity contribution < 1.29 is 52.4 Å². The predicted molar refractivity (Wildman–Crippen MR) is 103 cm³/mol. The summed E-state index contributed by atoms with van der Waals surface area (Å²) in [5, 5.41) is 23.5. The van der Waals surface area contributed by atoms with Gasteiger partial charge in [0.15, 0.2) is 6.04 Å². The van der Waals surface area contributed by atoms with Gasteiger partial charge < -0.3 is 14.6 Å². The Morgan fingerprint density at radius 1 is 1.39 bits per heavy atom. The zero-order valence-electron chi connectivity index (χ0n) is 17.4. The molecule has 180 valence electrons. The van der Waals surface area contributed by atoms with Gasteiger partial charge in [0.25, 0.3) is 16.5 Å². The van der Waals surface area contributed by atoms with Crippen molar-refractivity contribution in [2.45, 2.75) is 51.3 Å². The van der Waals surface area contributed by atoms with Gasteiger partial charge in [-0.1, -0.05) is 16.6 Å². The van der Waals surface area contributed by atoms with Crippen molar-refractivity contribution in [2.75, 3.05) is 6.54 Å². The summed E-state index contributed by atoms with van der Waals surface area (Å²) in [6.45, 7) is 2.84. The van der Waals surface area contributed by atoms with E-state index >= 15 is 0 Å². The van der Waals surface area contributed by atoms with Crippen LogP contribution in [-0.4, -0.2) is 63.4 Å². The summed E-state index contributed by atoms with van der Waals surface area (Å²) >= 11 is 5.95. The van der Waals surface area contributed by atoms with Crippen molar-refractivity contribution in [1.82, 2.24) is 5.01 Å². The summed E-state index contributed by atoms with van der Waals surface area (Å²) in [5.74, 6) is -2.64. The lowest BCUT2D eigenvalue weighted by molar-refractivity contribution is -0.942. The molecule has 2 N–H and O–H groups in total. The number of aliphatic carboxylic acids is 1. The highest BCUT2D eigenvalue weighted by atomic mass is 35.5. The van der Waals surface area contributed by atoms with Crippen LogP contribution in [0.25, 0.3) is 6.08 Å². The van der Waals surface area contributed by atoms with Crippen LogP contribution in [0.1, 0.15) is 30.9 Å². The Hall–Kier alpha value is -3.22. The standard InChI is InChI=1S/C19H19ClF3N3O7/c1-9-6-12(20)7-11-8-13(16(19(21,22)23)32-15(9)11)18(29)31-10(2)33-24-26(30)25-5-3-4-14(25)17(27)28/h6-8,10,14,16H,3-5H2,1-2H3,(H-,24,27,28,30)/p+1/t10?,14-,16-/m0/s1. The molecule has 1 fully saturated rings. The van der Waals surface area contributed by atoms with Crippen molar-refractivity contribution in [3.05, 3.63) is 33.9 Å². The fourth-order valence-electron chi connectivity index (χ4n) is 3.47. The average Bonchev–Trinajstić information content (AvgIpc) is 3.20. The lowest BCUT2D eigenvalue weighted by atomic mass is 9.99. The van der Waals surface area contributed by atoms with Crippen LogP contribution in [0.15, 0.2) is 23.0 Å². The van der Waals surface area contributed by atoms with Gasteiger partial charge in [-0.15, -0.1) is 0 Å². The van der Waals surface area contributed by atoms with Crippen LogP contribution in [0.2, 0.25) is 5.02 Å². The maximum absolute atomic E-state index is 13.6. The van der Waals surface area contributed by atoms with E-state index in [1.807, 2.05) is 0 Å². The normalized spacial score (nSPS) is 21.6. The number of carboxylic acid groups (broad SMARTS) is 1. The van der Waals surface area contributed by atoms with E-state index in [0.29, 0.717) is 12.0 Å². The number of alkyl halides is 3. The number of benzene rings is 1. The third-order valence-corrected chi connectivity index (χ3v) is 5.13. The quantitative estimate of drug-likeness (QED) is 0.203. The number of carboxylic acids is 1. The summed E-state index contributed by atoms with van der Waals surface area (Å²) in [4.78, 5) is 28.6. The predicted octanol–water partition coefficient (Wildman–Crippen LogP) is 3.49. The Bertz CT molecular complexity index is 1020. The van der Waals surface area contributed by atoms with Crippen LogP contribution in [0, 0.1) is 6.92 Å². The Balaban J connectivity index is 1.75. The molecule has 0 bridgehead atoms. The summed E-state index contributed by atoms with van der Waals surface area (Å²) in [6, 6.07) is 1.74. The summed E-state index contributed by atoms with van der Waals surface area (Å²) < 4.78 is 50.7. The molecule has 2 aliphatic rings. The number of esters is 1. The van der Waals surface area contributed by atoms with E-state index in [2.05, 4.69) is 5.28 Å². The van der Waals surface area contributed by atoms with Crippen LogP contribution in [0.4, 0.5) is 13.2 Å². The van der Waals surface area contributed by atoms with Gasteiger partial charge in [-0.3, -0.25) is 4.84 Å². The molecule has 14 heteroatoms. The summed E-state index contributed by atoms with van der Waals surface area (Å²) in [6.07, 6.45) is -7.32. The monoisotopic (exact) mass is 494 g/mol. The van der Waals surface area contributed by atoms with Crippen molar-refractivity contribution >= 4 is 29.6 Å². The number of carbonyl (C=O) groups is 2. The van der Waals surface area contributed by atoms with Crippen LogP contribution in [0.3, 0.4) is 0 Å². The lowest BCUT2D eigenvalue weighted by Gasteiger charge is -2.29. The van der Waals surface area contributed by atoms with Crippen LogP contribution >= 0.6 is 11.6 Å². The van der Waals surface area contributed by atoms with Gasteiger partial charge in [-0.25, -0.2) is 14.8 Å². The van der Waals surface area contributed by atoms with E-state index < -0.39 is 42.1 Å². The first-order valence-electron chi connectivity index (χ1n) is 9.69. The second kappa shape index (κ2) is 9.33.